The third-order valence-electron chi connectivity index (χ3n) is 4.18. The Morgan fingerprint density at radius 3 is 2.48 bits per heavy atom. The average Bonchev–Trinajstić information content (AvgIpc) is 2.67. The molecule has 0 bridgehead atoms. The minimum atomic E-state index is -0.879. The molecule has 2 amide bonds. The smallest absolute Gasteiger partial charge is 0.329 e. The predicted molar refractivity (Wildman–Crippen MR) is 101 cm³/mol. The van der Waals surface area contributed by atoms with E-state index in [2.05, 4.69) is 5.32 Å². The van der Waals surface area contributed by atoms with Crippen molar-refractivity contribution in [3.05, 3.63) is 34.9 Å². The number of esters is 1. The summed E-state index contributed by atoms with van der Waals surface area (Å²) in [5.74, 6) is -1.69. The highest BCUT2D eigenvalue weighted by molar-refractivity contribution is 6.30. The van der Waals surface area contributed by atoms with E-state index in [0.717, 1.165) is 0 Å². The molecule has 146 valence electrons. The normalized spacial score (nSPS) is 12.4. The molecule has 27 heavy (non-hydrogen) atoms. The van der Waals surface area contributed by atoms with E-state index >= 15 is 0 Å². The van der Waals surface area contributed by atoms with Crippen LogP contribution in [0.3, 0.4) is 0 Å². The van der Waals surface area contributed by atoms with Crippen LogP contribution in [-0.4, -0.2) is 48.9 Å². The SMILES string of the molecule is CCC(C)C(NC(=O)c1ccc(Cl)cc1)C(=O)OCC(=O)N(C)CCC#N. The number of rotatable bonds is 9. The number of amides is 2. The number of carbonyl (C=O) groups excluding carboxylic acids is 3. The predicted octanol–water partition coefficient (Wildman–Crippen LogP) is 2.40. The molecule has 1 aromatic rings. The van der Waals surface area contributed by atoms with Crippen molar-refractivity contribution in [1.82, 2.24) is 10.2 Å². The lowest BCUT2D eigenvalue weighted by Crippen LogP contribution is -2.46. The van der Waals surface area contributed by atoms with Gasteiger partial charge in [0, 0.05) is 24.2 Å². The van der Waals surface area contributed by atoms with Gasteiger partial charge in [-0.2, -0.15) is 5.26 Å². The Bertz CT molecular complexity index is 700. The minimum absolute atomic E-state index is 0.180. The van der Waals surface area contributed by atoms with Crippen molar-refractivity contribution < 1.29 is 19.1 Å². The van der Waals surface area contributed by atoms with E-state index in [-0.39, 0.29) is 18.9 Å². The molecular weight excluding hydrogens is 370 g/mol. The van der Waals surface area contributed by atoms with Crippen molar-refractivity contribution in [1.29, 1.82) is 5.26 Å². The Kier molecular flexibility index (Phi) is 9.31. The lowest BCUT2D eigenvalue weighted by Gasteiger charge is -2.23. The van der Waals surface area contributed by atoms with Crippen LogP contribution in [0, 0.1) is 17.2 Å². The molecule has 0 aliphatic heterocycles. The van der Waals surface area contributed by atoms with Gasteiger partial charge in [0.25, 0.3) is 11.8 Å². The Morgan fingerprint density at radius 2 is 1.93 bits per heavy atom. The maximum Gasteiger partial charge on any atom is 0.329 e. The number of nitrogens with zero attached hydrogens (tertiary/aromatic N) is 2. The van der Waals surface area contributed by atoms with Crippen LogP contribution >= 0.6 is 11.6 Å². The highest BCUT2D eigenvalue weighted by Crippen LogP contribution is 2.13. The van der Waals surface area contributed by atoms with E-state index in [1.165, 1.54) is 11.9 Å². The molecule has 0 heterocycles. The number of likely N-dealkylation sites (N-methyl/N-ethyl adjacent to an activating group) is 1. The van der Waals surface area contributed by atoms with Gasteiger partial charge in [0.05, 0.1) is 12.5 Å². The number of ether oxygens (including phenoxy) is 1. The summed E-state index contributed by atoms with van der Waals surface area (Å²) in [6, 6.07) is 7.36. The van der Waals surface area contributed by atoms with Crippen LogP contribution in [0.4, 0.5) is 0 Å². The van der Waals surface area contributed by atoms with Crippen molar-refractivity contribution in [2.75, 3.05) is 20.2 Å². The van der Waals surface area contributed by atoms with Crippen molar-refractivity contribution in [2.45, 2.75) is 32.7 Å². The van der Waals surface area contributed by atoms with Crippen LogP contribution in [0.5, 0.6) is 0 Å². The molecule has 0 aromatic heterocycles. The summed E-state index contributed by atoms with van der Waals surface area (Å²) >= 11 is 5.81. The van der Waals surface area contributed by atoms with Crippen molar-refractivity contribution >= 4 is 29.4 Å². The highest BCUT2D eigenvalue weighted by Gasteiger charge is 2.28. The number of nitriles is 1. The van der Waals surface area contributed by atoms with E-state index in [9.17, 15) is 14.4 Å². The second-order valence-electron chi connectivity index (χ2n) is 6.17. The first-order valence-corrected chi connectivity index (χ1v) is 9.01. The largest absolute Gasteiger partial charge is 0.454 e. The highest BCUT2D eigenvalue weighted by atomic mass is 35.5. The Labute approximate surface area is 164 Å². The van der Waals surface area contributed by atoms with Gasteiger partial charge in [0.15, 0.2) is 6.61 Å². The minimum Gasteiger partial charge on any atom is -0.454 e. The van der Waals surface area contributed by atoms with Gasteiger partial charge >= 0.3 is 5.97 Å². The number of halogens is 1. The van der Waals surface area contributed by atoms with Crippen molar-refractivity contribution in [3.8, 4) is 6.07 Å². The molecule has 1 aromatic carbocycles. The van der Waals surface area contributed by atoms with Gasteiger partial charge < -0.3 is 15.0 Å². The molecule has 1 N–H and O–H groups in total. The molecule has 0 aliphatic carbocycles. The van der Waals surface area contributed by atoms with Gasteiger partial charge in [-0.05, 0) is 30.2 Å². The van der Waals surface area contributed by atoms with Gasteiger partial charge in [-0.3, -0.25) is 9.59 Å². The Balaban J connectivity index is 2.71. The maximum atomic E-state index is 12.4. The first-order chi connectivity index (χ1) is 12.8. The molecular formula is C19H24ClN3O4. The number of hydrogen-bond acceptors (Lipinski definition) is 5. The third-order valence-corrected chi connectivity index (χ3v) is 4.43. The molecule has 7 nitrogen and oxygen atoms in total. The van der Waals surface area contributed by atoms with Gasteiger partial charge in [-0.1, -0.05) is 31.9 Å². The summed E-state index contributed by atoms with van der Waals surface area (Å²) in [4.78, 5) is 38.1. The van der Waals surface area contributed by atoms with Crippen LogP contribution in [0.2, 0.25) is 5.02 Å². The average molecular weight is 394 g/mol. The van der Waals surface area contributed by atoms with E-state index in [4.69, 9.17) is 21.6 Å². The Hall–Kier alpha value is -2.59. The second kappa shape index (κ2) is 11.2. The summed E-state index contributed by atoms with van der Waals surface area (Å²) in [7, 11) is 1.53. The molecule has 0 saturated heterocycles. The molecule has 0 aliphatic rings. The molecule has 0 radical (unpaired) electrons. The molecule has 0 fully saturated rings. The molecule has 2 atom stereocenters. The number of benzene rings is 1. The van der Waals surface area contributed by atoms with Gasteiger partial charge in [0.2, 0.25) is 0 Å². The van der Waals surface area contributed by atoms with Crippen LogP contribution in [-0.2, 0) is 14.3 Å². The van der Waals surface area contributed by atoms with Gasteiger partial charge in [-0.25, -0.2) is 4.79 Å². The topological polar surface area (TPSA) is 99.5 Å². The summed E-state index contributed by atoms with van der Waals surface area (Å²) in [6.45, 7) is 3.52. The zero-order chi connectivity index (χ0) is 20.4. The van der Waals surface area contributed by atoms with Crippen molar-refractivity contribution in [2.24, 2.45) is 5.92 Å². The van der Waals surface area contributed by atoms with Crippen LogP contribution in [0.1, 0.15) is 37.0 Å². The van der Waals surface area contributed by atoms with Crippen LogP contribution in [0.15, 0.2) is 24.3 Å². The number of nitrogens with one attached hydrogen (secondary N) is 1. The molecule has 0 spiro atoms. The molecule has 8 heteroatoms. The number of hydrogen-bond donors (Lipinski definition) is 1. The second-order valence-corrected chi connectivity index (χ2v) is 6.61. The standard InChI is InChI=1S/C19H24ClN3O4/c1-4-13(2)17(22-18(25)14-6-8-15(20)9-7-14)19(26)27-12-16(24)23(3)11-5-10-21/h6-9,13,17H,4-5,11-12H2,1-3H3,(H,22,25). The quantitative estimate of drug-likeness (QED) is 0.649. The maximum absolute atomic E-state index is 12.4. The lowest BCUT2D eigenvalue weighted by molar-refractivity contribution is -0.154. The van der Waals surface area contributed by atoms with E-state index in [0.29, 0.717) is 17.0 Å². The van der Waals surface area contributed by atoms with Crippen LogP contribution in [0.25, 0.3) is 0 Å². The third kappa shape index (κ3) is 7.27. The van der Waals surface area contributed by atoms with Crippen LogP contribution < -0.4 is 5.32 Å². The zero-order valence-electron chi connectivity index (χ0n) is 15.7. The summed E-state index contributed by atoms with van der Waals surface area (Å²) in [5, 5.41) is 11.7. The first kappa shape index (κ1) is 22.5. The zero-order valence-corrected chi connectivity index (χ0v) is 16.5. The first-order valence-electron chi connectivity index (χ1n) is 8.64. The molecule has 2 unspecified atom stereocenters. The number of carbonyl (C=O) groups is 3. The fraction of sp³-hybridized carbons (Fsp3) is 0.474. The van der Waals surface area contributed by atoms with Crippen molar-refractivity contribution in [3.63, 3.8) is 0 Å². The van der Waals surface area contributed by atoms with Gasteiger partial charge in [0.1, 0.15) is 6.04 Å². The summed E-state index contributed by atoms with van der Waals surface area (Å²) in [5.41, 5.74) is 0.368. The van der Waals surface area contributed by atoms with E-state index < -0.39 is 30.4 Å². The van der Waals surface area contributed by atoms with Gasteiger partial charge in [-0.15, -0.1) is 0 Å². The van der Waals surface area contributed by atoms with E-state index in [1.54, 1.807) is 24.3 Å². The summed E-state index contributed by atoms with van der Waals surface area (Å²) < 4.78 is 5.10. The fourth-order valence-corrected chi connectivity index (χ4v) is 2.30. The molecule has 0 saturated carbocycles. The fourth-order valence-electron chi connectivity index (χ4n) is 2.17. The monoisotopic (exact) mass is 393 g/mol. The lowest BCUT2D eigenvalue weighted by atomic mass is 9.99. The van der Waals surface area contributed by atoms with E-state index in [1.807, 2.05) is 19.9 Å². The molecule has 1 rings (SSSR count). The summed E-state index contributed by atoms with van der Waals surface area (Å²) in [6.07, 6.45) is 0.833. The Morgan fingerprint density at radius 1 is 1.30 bits per heavy atom.